The lowest BCUT2D eigenvalue weighted by molar-refractivity contribution is -0.143. The van der Waals surface area contributed by atoms with E-state index >= 15 is 0 Å². The van der Waals surface area contributed by atoms with Gasteiger partial charge in [-0.25, -0.2) is 0 Å². The number of likely N-dealkylation sites (tertiary alicyclic amines) is 1. The lowest BCUT2D eigenvalue weighted by Gasteiger charge is -2.35. The molecule has 2 heterocycles. The van der Waals surface area contributed by atoms with Crippen LogP contribution in [0.25, 0.3) is 0 Å². The SMILES string of the molecule is C[C@]12CN(C(C(=O)O)c3cccnc3)CC1[C@@H]1CC[C@H]2C1. The number of fused-ring (bicyclic) bond motifs is 5. The molecular weight excluding hydrogens is 264 g/mol. The van der Waals surface area contributed by atoms with Crippen LogP contribution in [0.5, 0.6) is 0 Å². The minimum Gasteiger partial charge on any atom is -0.480 e. The normalized spacial score (nSPS) is 39.4. The van der Waals surface area contributed by atoms with Crippen LogP contribution in [0.1, 0.15) is 37.8 Å². The number of hydrogen-bond acceptors (Lipinski definition) is 3. The highest BCUT2D eigenvalue weighted by Gasteiger charge is 2.60. The number of carbonyl (C=O) groups is 1. The highest BCUT2D eigenvalue weighted by molar-refractivity contribution is 5.75. The largest absolute Gasteiger partial charge is 0.480 e. The molecule has 2 aliphatic carbocycles. The van der Waals surface area contributed by atoms with Crippen LogP contribution in [-0.2, 0) is 4.79 Å². The van der Waals surface area contributed by atoms with Gasteiger partial charge in [-0.15, -0.1) is 0 Å². The van der Waals surface area contributed by atoms with Crippen LogP contribution in [0.3, 0.4) is 0 Å². The van der Waals surface area contributed by atoms with Gasteiger partial charge >= 0.3 is 5.97 Å². The average Bonchev–Trinajstić information content (AvgIpc) is 3.10. The van der Waals surface area contributed by atoms with Crippen LogP contribution < -0.4 is 0 Å². The number of aliphatic carboxylic acids is 1. The minimum absolute atomic E-state index is 0.332. The number of rotatable bonds is 3. The molecule has 1 aliphatic heterocycles. The third-order valence-electron chi connectivity index (χ3n) is 6.40. The van der Waals surface area contributed by atoms with E-state index in [1.165, 1.54) is 19.3 Å². The van der Waals surface area contributed by atoms with Crippen LogP contribution in [0.2, 0.25) is 0 Å². The summed E-state index contributed by atoms with van der Waals surface area (Å²) in [6, 6.07) is 3.17. The summed E-state index contributed by atoms with van der Waals surface area (Å²) in [6.07, 6.45) is 7.46. The predicted octanol–water partition coefficient (Wildman–Crippen LogP) is 2.58. The van der Waals surface area contributed by atoms with Crippen molar-refractivity contribution in [3.63, 3.8) is 0 Å². The Hall–Kier alpha value is -1.42. The second-order valence-corrected chi connectivity index (χ2v) is 7.34. The molecule has 1 aromatic rings. The third kappa shape index (κ3) is 1.85. The van der Waals surface area contributed by atoms with E-state index in [9.17, 15) is 9.90 Å². The van der Waals surface area contributed by atoms with Gasteiger partial charge in [0.15, 0.2) is 0 Å². The monoisotopic (exact) mass is 286 g/mol. The molecule has 112 valence electrons. The molecule has 0 amide bonds. The van der Waals surface area contributed by atoms with Gasteiger partial charge in [0.05, 0.1) is 0 Å². The first-order valence-electron chi connectivity index (χ1n) is 7.96. The lowest BCUT2D eigenvalue weighted by Crippen LogP contribution is -2.36. The van der Waals surface area contributed by atoms with Crippen molar-refractivity contribution in [2.75, 3.05) is 13.1 Å². The Morgan fingerprint density at radius 1 is 1.52 bits per heavy atom. The minimum atomic E-state index is -0.751. The van der Waals surface area contributed by atoms with E-state index in [1.54, 1.807) is 12.4 Å². The molecule has 2 saturated carbocycles. The van der Waals surface area contributed by atoms with Gasteiger partial charge in [0.2, 0.25) is 0 Å². The van der Waals surface area contributed by atoms with E-state index < -0.39 is 12.0 Å². The number of carboxylic acid groups (broad SMARTS) is 1. The van der Waals surface area contributed by atoms with Crippen LogP contribution in [0.15, 0.2) is 24.5 Å². The fraction of sp³-hybridized carbons (Fsp3) is 0.647. The average molecular weight is 286 g/mol. The summed E-state index contributed by atoms with van der Waals surface area (Å²) < 4.78 is 0. The van der Waals surface area contributed by atoms with Crippen molar-refractivity contribution in [1.82, 2.24) is 9.88 Å². The molecule has 1 N–H and O–H groups in total. The van der Waals surface area contributed by atoms with Gasteiger partial charge in [-0.1, -0.05) is 13.0 Å². The Morgan fingerprint density at radius 2 is 2.38 bits per heavy atom. The van der Waals surface area contributed by atoms with Crippen LogP contribution in [0, 0.1) is 23.2 Å². The van der Waals surface area contributed by atoms with Gasteiger partial charge in [0.25, 0.3) is 0 Å². The summed E-state index contributed by atoms with van der Waals surface area (Å²) in [4.78, 5) is 18.1. The van der Waals surface area contributed by atoms with Crippen LogP contribution in [0.4, 0.5) is 0 Å². The Bertz CT molecular complexity index is 561. The molecule has 4 rings (SSSR count). The number of carboxylic acids is 1. The van der Waals surface area contributed by atoms with Gasteiger partial charge in [-0.2, -0.15) is 0 Å². The molecule has 2 bridgehead atoms. The molecule has 0 aromatic carbocycles. The molecule has 5 atom stereocenters. The first-order valence-corrected chi connectivity index (χ1v) is 7.96. The van der Waals surface area contributed by atoms with Gasteiger partial charge in [0, 0.05) is 25.5 Å². The summed E-state index contributed by atoms with van der Waals surface area (Å²) >= 11 is 0. The summed E-state index contributed by atoms with van der Waals surface area (Å²) in [6.45, 7) is 4.25. The molecule has 3 fully saturated rings. The molecule has 1 saturated heterocycles. The number of aromatic nitrogens is 1. The topological polar surface area (TPSA) is 53.4 Å². The van der Waals surface area contributed by atoms with Crippen molar-refractivity contribution in [2.24, 2.45) is 23.2 Å². The van der Waals surface area contributed by atoms with E-state index in [2.05, 4.69) is 16.8 Å². The lowest BCUT2D eigenvalue weighted by atomic mass is 9.70. The van der Waals surface area contributed by atoms with Crippen molar-refractivity contribution in [1.29, 1.82) is 0 Å². The van der Waals surface area contributed by atoms with Crippen molar-refractivity contribution in [3.05, 3.63) is 30.1 Å². The second-order valence-electron chi connectivity index (χ2n) is 7.34. The fourth-order valence-electron chi connectivity index (χ4n) is 5.42. The standard InChI is InChI=1S/C17H22N2O2/c1-17-10-19(9-14(17)11-4-5-13(17)7-11)15(16(20)21)12-3-2-6-18-8-12/h2-3,6,8,11,13-15H,4-5,7,9-10H2,1H3,(H,20,21)/t11-,13+,14?,15?,17-/m1/s1. The predicted molar refractivity (Wildman–Crippen MR) is 78.6 cm³/mol. The number of hydrogen-bond donors (Lipinski definition) is 1. The molecule has 0 spiro atoms. The molecule has 3 aliphatic rings. The summed E-state index contributed by atoms with van der Waals surface area (Å²) in [5.41, 5.74) is 1.14. The maximum atomic E-state index is 11.8. The van der Waals surface area contributed by atoms with Crippen molar-refractivity contribution < 1.29 is 9.90 Å². The van der Waals surface area contributed by atoms with Crippen LogP contribution in [-0.4, -0.2) is 34.0 Å². The first kappa shape index (κ1) is 13.3. The molecule has 4 nitrogen and oxygen atoms in total. The zero-order valence-corrected chi connectivity index (χ0v) is 12.4. The fourth-order valence-corrected chi connectivity index (χ4v) is 5.42. The van der Waals surface area contributed by atoms with Crippen molar-refractivity contribution >= 4 is 5.97 Å². The van der Waals surface area contributed by atoms with Gasteiger partial charge in [0.1, 0.15) is 6.04 Å². The zero-order valence-electron chi connectivity index (χ0n) is 12.4. The molecule has 0 radical (unpaired) electrons. The third-order valence-corrected chi connectivity index (χ3v) is 6.40. The van der Waals surface area contributed by atoms with Crippen LogP contribution >= 0.6 is 0 Å². The smallest absolute Gasteiger partial charge is 0.325 e. The molecule has 4 heteroatoms. The van der Waals surface area contributed by atoms with Gasteiger partial charge < -0.3 is 5.11 Å². The Labute approximate surface area is 125 Å². The van der Waals surface area contributed by atoms with E-state index in [1.807, 2.05) is 12.1 Å². The Kier molecular flexibility index (Phi) is 2.86. The van der Waals surface area contributed by atoms with E-state index in [4.69, 9.17) is 0 Å². The van der Waals surface area contributed by atoms with E-state index in [0.717, 1.165) is 30.5 Å². The summed E-state index contributed by atoms with van der Waals surface area (Å²) in [5.74, 6) is 1.57. The Balaban J connectivity index is 1.63. The maximum Gasteiger partial charge on any atom is 0.325 e. The highest BCUT2D eigenvalue weighted by Crippen LogP contribution is 2.63. The molecule has 1 aromatic heterocycles. The van der Waals surface area contributed by atoms with E-state index in [-0.39, 0.29) is 0 Å². The summed E-state index contributed by atoms with van der Waals surface area (Å²) in [7, 11) is 0. The number of nitrogens with zero attached hydrogens (tertiary/aromatic N) is 2. The van der Waals surface area contributed by atoms with Crippen molar-refractivity contribution in [3.8, 4) is 0 Å². The van der Waals surface area contributed by atoms with Crippen molar-refractivity contribution in [2.45, 2.75) is 32.2 Å². The molecule has 2 unspecified atom stereocenters. The molecular formula is C17H22N2O2. The number of pyridine rings is 1. The van der Waals surface area contributed by atoms with Gasteiger partial charge in [-0.3, -0.25) is 14.7 Å². The highest BCUT2D eigenvalue weighted by atomic mass is 16.4. The maximum absolute atomic E-state index is 11.8. The van der Waals surface area contributed by atoms with E-state index in [0.29, 0.717) is 11.3 Å². The molecule has 21 heavy (non-hydrogen) atoms. The quantitative estimate of drug-likeness (QED) is 0.928. The Morgan fingerprint density at radius 3 is 3.05 bits per heavy atom. The second kappa shape index (κ2) is 4.54. The summed E-state index contributed by atoms with van der Waals surface area (Å²) in [5, 5.41) is 9.71. The first-order chi connectivity index (χ1) is 10.1. The zero-order chi connectivity index (χ0) is 14.6. The van der Waals surface area contributed by atoms with Gasteiger partial charge in [-0.05, 0) is 54.1 Å².